The Labute approximate surface area is 116 Å². The van der Waals surface area contributed by atoms with E-state index in [1.807, 2.05) is 40.5 Å². The summed E-state index contributed by atoms with van der Waals surface area (Å²) in [4.78, 5) is 13.0. The Morgan fingerprint density at radius 2 is 2.32 bits per heavy atom. The van der Waals surface area contributed by atoms with Crippen molar-refractivity contribution >= 4 is 17.2 Å². The van der Waals surface area contributed by atoms with E-state index in [9.17, 15) is 4.79 Å². The SMILES string of the molecule is O=C(NCC1CCOC1)c1sccc1-n1cccc1. The molecule has 4 nitrogen and oxygen atoms in total. The lowest BCUT2D eigenvalue weighted by atomic mass is 10.1. The first kappa shape index (κ1) is 12.4. The molecule has 0 aromatic carbocycles. The van der Waals surface area contributed by atoms with E-state index in [2.05, 4.69) is 5.32 Å². The van der Waals surface area contributed by atoms with Gasteiger partial charge in [-0.25, -0.2) is 0 Å². The molecule has 2 aromatic rings. The van der Waals surface area contributed by atoms with Crippen molar-refractivity contribution in [3.63, 3.8) is 0 Å². The van der Waals surface area contributed by atoms with Crippen LogP contribution in [0.4, 0.5) is 0 Å². The summed E-state index contributed by atoms with van der Waals surface area (Å²) in [6.45, 7) is 2.27. The van der Waals surface area contributed by atoms with Gasteiger partial charge in [0, 0.05) is 31.5 Å². The number of nitrogens with zero attached hydrogens (tertiary/aromatic N) is 1. The van der Waals surface area contributed by atoms with Gasteiger partial charge in [-0.05, 0) is 30.0 Å². The standard InChI is InChI=1S/C14H16N2O2S/c17-14(15-9-11-3-7-18-10-11)13-12(4-8-19-13)16-5-1-2-6-16/h1-2,4-6,8,11H,3,7,9-10H2,(H,15,17). The summed E-state index contributed by atoms with van der Waals surface area (Å²) < 4.78 is 7.27. The van der Waals surface area contributed by atoms with E-state index >= 15 is 0 Å². The van der Waals surface area contributed by atoms with Gasteiger partial charge in [-0.15, -0.1) is 11.3 Å². The molecule has 1 aliphatic heterocycles. The first-order valence-corrected chi connectivity index (χ1v) is 7.29. The predicted octanol–water partition coefficient (Wildman–Crippen LogP) is 2.31. The zero-order chi connectivity index (χ0) is 13.1. The van der Waals surface area contributed by atoms with Crippen molar-refractivity contribution < 1.29 is 9.53 Å². The van der Waals surface area contributed by atoms with E-state index in [-0.39, 0.29) is 5.91 Å². The van der Waals surface area contributed by atoms with Crippen LogP contribution in [0.25, 0.3) is 5.69 Å². The fourth-order valence-corrected chi connectivity index (χ4v) is 3.04. The monoisotopic (exact) mass is 276 g/mol. The van der Waals surface area contributed by atoms with Crippen molar-refractivity contribution in [2.75, 3.05) is 19.8 Å². The van der Waals surface area contributed by atoms with Crippen LogP contribution in [-0.4, -0.2) is 30.2 Å². The van der Waals surface area contributed by atoms with Crippen LogP contribution in [0.3, 0.4) is 0 Å². The van der Waals surface area contributed by atoms with Crippen LogP contribution in [0.1, 0.15) is 16.1 Å². The number of hydrogen-bond donors (Lipinski definition) is 1. The molecule has 0 aliphatic carbocycles. The quantitative estimate of drug-likeness (QED) is 0.931. The Balaban J connectivity index is 1.68. The second-order valence-electron chi connectivity index (χ2n) is 4.66. The molecule has 1 saturated heterocycles. The number of rotatable bonds is 4. The van der Waals surface area contributed by atoms with E-state index in [1.165, 1.54) is 11.3 Å². The number of amides is 1. The lowest BCUT2D eigenvalue weighted by Crippen LogP contribution is -2.29. The van der Waals surface area contributed by atoms with Crippen molar-refractivity contribution in [2.45, 2.75) is 6.42 Å². The highest BCUT2D eigenvalue weighted by molar-refractivity contribution is 7.12. The van der Waals surface area contributed by atoms with Crippen LogP contribution < -0.4 is 5.32 Å². The Morgan fingerprint density at radius 3 is 3.05 bits per heavy atom. The lowest BCUT2D eigenvalue weighted by Gasteiger charge is -2.10. The molecule has 5 heteroatoms. The van der Waals surface area contributed by atoms with Gasteiger partial charge in [-0.3, -0.25) is 4.79 Å². The number of ether oxygens (including phenoxy) is 1. The van der Waals surface area contributed by atoms with Crippen LogP contribution in [0.2, 0.25) is 0 Å². The van der Waals surface area contributed by atoms with Gasteiger partial charge in [-0.2, -0.15) is 0 Å². The second kappa shape index (κ2) is 5.59. The number of carbonyl (C=O) groups is 1. The molecule has 1 unspecified atom stereocenters. The van der Waals surface area contributed by atoms with E-state index in [0.717, 1.165) is 30.2 Å². The minimum Gasteiger partial charge on any atom is -0.381 e. The molecule has 1 atom stereocenters. The highest BCUT2D eigenvalue weighted by Crippen LogP contribution is 2.21. The number of hydrogen-bond acceptors (Lipinski definition) is 3. The van der Waals surface area contributed by atoms with Gasteiger partial charge in [-0.1, -0.05) is 0 Å². The van der Waals surface area contributed by atoms with E-state index in [4.69, 9.17) is 4.74 Å². The third-order valence-electron chi connectivity index (χ3n) is 3.31. The van der Waals surface area contributed by atoms with Gasteiger partial charge in [0.2, 0.25) is 0 Å². The summed E-state index contributed by atoms with van der Waals surface area (Å²) in [6.07, 6.45) is 4.93. The van der Waals surface area contributed by atoms with Crippen LogP contribution in [-0.2, 0) is 4.74 Å². The molecule has 3 heterocycles. The van der Waals surface area contributed by atoms with Gasteiger partial charge in [0.15, 0.2) is 0 Å². The van der Waals surface area contributed by atoms with Crippen molar-refractivity contribution in [3.8, 4) is 5.69 Å². The molecule has 0 bridgehead atoms. The summed E-state index contributed by atoms with van der Waals surface area (Å²) in [7, 11) is 0. The Hall–Kier alpha value is -1.59. The normalized spacial score (nSPS) is 18.6. The molecular weight excluding hydrogens is 260 g/mol. The second-order valence-corrected chi connectivity index (χ2v) is 5.58. The zero-order valence-corrected chi connectivity index (χ0v) is 11.4. The third kappa shape index (κ3) is 2.72. The highest BCUT2D eigenvalue weighted by atomic mass is 32.1. The summed E-state index contributed by atoms with van der Waals surface area (Å²) in [5.74, 6) is 0.463. The third-order valence-corrected chi connectivity index (χ3v) is 4.21. The number of nitrogens with one attached hydrogen (secondary N) is 1. The topological polar surface area (TPSA) is 43.3 Å². The maximum Gasteiger partial charge on any atom is 0.263 e. The van der Waals surface area contributed by atoms with Crippen LogP contribution in [0.5, 0.6) is 0 Å². The molecule has 3 rings (SSSR count). The fraction of sp³-hybridized carbons (Fsp3) is 0.357. The molecule has 0 spiro atoms. The van der Waals surface area contributed by atoms with Crippen molar-refractivity contribution in [1.82, 2.24) is 9.88 Å². The Bertz CT molecular complexity index is 542. The molecule has 0 saturated carbocycles. The van der Waals surface area contributed by atoms with Gasteiger partial charge < -0.3 is 14.6 Å². The maximum atomic E-state index is 12.2. The van der Waals surface area contributed by atoms with Crippen molar-refractivity contribution in [3.05, 3.63) is 40.8 Å². The van der Waals surface area contributed by atoms with Crippen molar-refractivity contribution in [1.29, 1.82) is 0 Å². The minimum absolute atomic E-state index is 0.00519. The summed E-state index contributed by atoms with van der Waals surface area (Å²) in [5.41, 5.74) is 0.940. The molecule has 2 aromatic heterocycles. The van der Waals surface area contributed by atoms with Crippen LogP contribution in [0, 0.1) is 5.92 Å². The molecule has 19 heavy (non-hydrogen) atoms. The molecule has 1 N–H and O–H groups in total. The maximum absolute atomic E-state index is 12.2. The highest BCUT2D eigenvalue weighted by Gasteiger charge is 2.19. The number of carbonyl (C=O) groups excluding carboxylic acids is 1. The van der Waals surface area contributed by atoms with Crippen molar-refractivity contribution in [2.24, 2.45) is 5.92 Å². The molecule has 1 amide bonds. The number of aromatic nitrogens is 1. The van der Waals surface area contributed by atoms with Gasteiger partial charge in [0.05, 0.1) is 12.3 Å². The largest absolute Gasteiger partial charge is 0.381 e. The number of thiophene rings is 1. The van der Waals surface area contributed by atoms with Gasteiger partial charge in [0.25, 0.3) is 5.91 Å². The average molecular weight is 276 g/mol. The minimum atomic E-state index is 0.00519. The molecule has 0 radical (unpaired) electrons. The molecular formula is C14H16N2O2S. The zero-order valence-electron chi connectivity index (χ0n) is 10.5. The van der Waals surface area contributed by atoms with Crippen LogP contribution in [0.15, 0.2) is 36.0 Å². The van der Waals surface area contributed by atoms with E-state index in [0.29, 0.717) is 12.5 Å². The molecule has 1 aliphatic rings. The molecule has 100 valence electrons. The summed E-state index contributed by atoms with van der Waals surface area (Å²) in [6, 6.07) is 5.88. The Kier molecular flexibility index (Phi) is 3.66. The smallest absolute Gasteiger partial charge is 0.263 e. The predicted molar refractivity (Wildman–Crippen MR) is 74.9 cm³/mol. The van der Waals surface area contributed by atoms with Crippen LogP contribution >= 0.6 is 11.3 Å². The Morgan fingerprint density at radius 1 is 1.47 bits per heavy atom. The van der Waals surface area contributed by atoms with Gasteiger partial charge >= 0.3 is 0 Å². The molecule has 1 fully saturated rings. The summed E-state index contributed by atoms with van der Waals surface area (Å²) in [5, 5.41) is 4.95. The fourth-order valence-electron chi connectivity index (χ4n) is 2.23. The summed E-state index contributed by atoms with van der Waals surface area (Å²) >= 11 is 1.47. The van der Waals surface area contributed by atoms with E-state index in [1.54, 1.807) is 0 Å². The van der Waals surface area contributed by atoms with E-state index < -0.39 is 0 Å². The van der Waals surface area contributed by atoms with Gasteiger partial charge in [0.1, 0.15) is 4.88 Å². The lowest BCUT2D eigenvalue weighted by molar-refractivity contribution is 0.0949. The first-order valence-electron chi connectivity index (χ1n) is 6.41. The first-order chi connectivity index (χ1) is 9.34. The average Bonchev–Trinajstić information content (AvgIpc) is 3.14.